The van der Waals surface area contributed by atoms with Crippen LogP contribution in [0.1, 0.15) is 25.0 Å². The minimum atomic E-state index is -0.801. The van der Waals surface area contributed by atoms with Gasteiger partial charge in [0.1, 0.15) is 0 Å². The van der Waals surface area contributed by atoms with Crippen molar-refractivity contribution in [3.63, 3.8) is 0 Å². The molecule has 110 valence electrons. The van der Waals surface area contributed by atoms with Gasteiger partial charge in [-0.2, -0.15) is 0 Å². The van der Waals surface area contributed by atoms with Gasteiger partial charge in [-0.05, 0) is 44.0 Å². The van der Waals surface area contributed by atoms with E-state index in [9.17, 15) is 9.00 Å². The van der Waals surface area contributed by atoms with Crippen LogP contribution in [0.15, 0.2) is 22.7 Å². The number of halogens is 1. The van der Waals surface area contributed by atoms with Crippen LogP contribution in [0, 0.1) is 6.92 Å². The van der Waals surface area contributed by atoms with E-state index in [0.717, 1.165) is 15.6 Å². The Morgan fingerprint density at radius 2 is 2.15 bits per heavy atom. The molecule has 1 amide bonds. The fourth-order valence-electron chi connectivity index (χ4n) is 2.62. The monoisotopic (exact) mass is 357 g/mol. The standard InChI is InChI=1S/C15H20BrNO2S/c1-11-8-13(16)5-4-12(11)9-14(18)17-6-7-20(19)10-15(17,2)3/h4-5,8H,6-7,9-10H2,1-3H3/t20-/m1/s1. The molecule has 0 N–H and O–H groups in total. The van der Waals surface area contributed by atoms with Crippen molar-refractivity contribution in [3.05, 3.63) is 33.8 Å². The molecular formula is C15H20BrNO2S. The number of benzene rings is 1. The normalized spacial score (nSPS) is 21.8. The summed E-state index contributed by atoms with van der Waals surface area (Å²) in [5, 5.41) is 0. The maximum absolute atomic E-state index is 12.5. The van der Waals surface area contributed by atoms with Gasteiger partial charge in [-0.15, -0.1) is 0 Å². The highest BCUT2D eigenvalue weighted by molar-refractivity contribution is 9.10. The molecule has 0 saturated carbocycles. The highest BCUT2D eigenvalue weighted by atomic mass is 79.9. The molecule has 1 saturated heterocycles. The van der Waals surface area contributed by atoms with Crippen LogP contribution in [-0.2, 0) is 22.0 Å². The highest BCUT2D eigenvalue weighted by Gasteiger charge is 2.36. The van der Waals surface area contributed by atoms with Crippen molar-refractivity contribution in [1.82, 2.24) is 4.90 Å². The second-order valence-electron chi connectivity index (χ2n) is 5.89. The highest BCUT2D eigenvalue weighted by Crippen LogP contribution is 2.23. The summed E-state index contributed by atoms with van der Waals surface area (Å²) in [4.78, 5) is 14.4. The molecule has 0 bridgehead atoms. The Morgan fingerprint density at radius 1 is 1.45 bits per heavy atom. The summed E-state index contributed by atoms with van der Waals surface area (Å²) in [5.41, 5.74) is 1.86. The topological polar surface area (TPSA) is 37.4 Å². The lowest BCUT2D eigenvalue weighted by atomic mass is 10.0. The van der Waals surface area contributed by atoms with Gasteiger partial charge >= 0.3 is 0 Å². The largest absolute Gasteiger partial charge is 0.335 e. The van der Waals surface area contributed by atoms with E-state index in [4.69, 9.17) is 0 Å². The average molecular weight is 358 g/mol. The Bertz CT molecular complexity index is 557. The molecule has 2 rings (SSSR count). The second kappa shape index (κ2) is 5.98. The first-order valence-electron chi connectivity index (χ1n) is 6.70. The predicted octanol–water partition coefficient (Wildman–Crippen LogP) is 2.67. The third kappa shape index (κ3) is 3.50. The van der Waals surface area contributed by atoms with Gasteiger partial charge in [0.25, 0.3) is 0 Å². The first kappa shape index (κ1) is 15.7. The number of rotatable bonds is 2. The molecular weight excluding hydrogens is 338 g/mol. The van der Waals surface area contributed by atoms with Crippen molar-refractivity contribution < 1.29 is 9.00 Å². The Hall–Kier alpha value is -0.680. The lowest BCUT2D eigenvalue weighted by Gasteiger charge is -2.42. The number of carbonyl (C=O) groups is 1. The van der Waals surface area contributed by atoms with Crippen LogP contribution in [0.4, 0.5) is 0 Å². The van der Waals surface area contributed by atoms with E-state index in [1.54, 1.807) is 0 Å². The first-order valence-corrected chi connectivity index (χ1v) is 8.98. The number of hydrogen-bond donors (Lipinski definition) is 0. The van der Waals surface area contributed by atoms with Crippen molar-refractivity contribution in [2.24, 2.45) is 0 Å². The molecule has 0 unspecified atom stereocenters. The summed E-state index contributed by atoms with van der Waals surface area (Å²) in [6.45, 7) is 6.60. The van der Waals surface area contributed by atoms with Gasteiger partial charge in [0.05, 0.1) is 6.42 Å². The molecule has 1 aromatic rings. The van der Waals surface area contributed by atoms with Crippen molar-refractivity contribution in [2.45, 2.75) is 32.7 Å². The summed E-state index contributed by atoms with van der Waals surface area (Å²) in [6, 6.07) is 5.98. The van der Waals surface area contributed by atoms with E-state index in [-0.39, 0.29) is 11.4 Å². The molecule has 1 atom stereocenters. The third-order valence-corrected chi connectivity index (χ3v) is 5.89. The predicted molar refractivity (Wildman–Crippen MR) is 86.3 cm³/mol. The number of nitrogens with zero attached hydrogens (tertiary/aromatic N) is 1. The molecule has 1 aliphatic heterocycles. The Kier molecular flexibility index (Phi) is 4.69. The smallest absolute Gasteiger partial charge is 0.227 e. The van der Waals surface area contributed by atoms with Gasteiger partial charge in [0.2, 0.25) is 5.91 Å². The molecule has 1 aliphatic rings. The van der Waals surface area contributed by atoms with E-state index < -0.39 is 10.8 Å². The molecule has 20 heavy (non-hydrogen) atoms. The van der Waals surface area contributed by atoms with Crippen molar-refractivity contribution in [3.8, 4) is 0 Å². The van der Waals surface area contributed by atoms with Crippen molar-refractivity contribution in [1.29, 1.82) is 0 Å². The van der Waals surface area contributed by atoms with Crippen LogP contribution in [0.2, 0.25) is 0 Å². The Morgan fingerprint density at radius 3 is 2.75 bits per heavy atom. The average Bonchev–Trinajstić information content (AvgIpc) is 2.31. The van der Waals surface area contributed by atoms with Gasteiger partial charge in [-0.25, -0.2) is 0 Å². The van der Waals surface area contributed by atoms with Gasteiger partial charge in [0, 0.05) is 38.9 Å². The minimum Gasteiger partial charge on any atom is -0.335 e. The van der Waals surface area contributed by atoms with Crippen LogP contribution in [0.25, 0.3) is 0 Å². The summed E-state index contributed by atoms with van der Waals surface area (Å²) in [5.74, 6) is 1.28. The van der Waals surface area contributed by atoms with Gasteiger partial charge < -0.3 is 4.90 Å². The van der Waals surface area contributed by atoms with E-state index in [0.29, 0.717) is 24.5 Å². The molecule has 1 aromatic carbocycles. The number of carbonyl (C=O) groups excluding carboxylic acids is 1. The van der Waals surface area contributed by atoms with Crippen LogP contribution < -0.4 is 0 Å². The van der Waals surface area contributed by atoms with Gasteiger partial charge in [-0.1, -0.05) is 22.0 Å². The van der Waals surface area contributed by atoms with Crippen molar-refractivity contribution in [2.75, 3.05) is 18.1 Å². The Labute approximate surface area is 131 Å². The van der Waals surface area contributed by atoms with E-state index >= 15 is 0 Å². The lowest BCUT2D eigenvalue weighted by Crippen LogP contribution is -2.56. The zero-order valence-corrected chi connectivity index (χ0v) is 14.5. The van der Waals surface area contributed by atoms with Crippen LogP contribution >= 0.6 is 15.9 Å². The maximum Gasteiger partial charge on any atom is 0.227 e. The van der Waals surface area contributed by atoms with Crippen LogP contribution in [0.5, 0.6) is 0 Å². The number of aryl methyl sites for hydroxylation is 1. The fourth-order valence-corrected chi connectivity index (χ4v) is 4.57. The van der Waals surface area contributed by atoms with E-state index in [2.05, 4.69) is 15.9 Å². The lowest BCUT2D eigenvalue weighted by molar-refractivity contribution is -0.134. The molecule has 1 fully saturated rings. The number of hydrogen-bond acceptors (Lipinski definition) is 2. The molecule has 0 radical (unpaired) electrons. The van der Waals surface area contributed by atoms with Gasteiger partial charge in [0.15, 0.2) is 0 Å². The molecule has 0 aromatic heterocycles. The SMILES string of the molecule is Cc1cc(Br)ccc1CC(=O)N1CC[S@@](=O)CC1(C)C. The molecule has 3 nitrogen and oxygen atoms in total. The van der Waals surface area contributed by atoms with Crippen LogP contribution in [-0.4, -0.2) is 38.6 Å². The summed E-state index contributed by atoms with van der Waals surface area (Å²) < 4.78 is 12.7. The summed E-state index contributed by atoms with van der Waals surface area (Å²) in [6.07, 6.45) is 0.412. The quantitative estimate of drug-likeness (QED) is 0.815. The Balaban J connectivity index is 2.13. The summed E-state index contributed by atoms with van der Waals surface area (Å²) >= 11 is 3.43. The fraction of sp³-hybridized carbons (Fsp3) is 0.533. The first-order chi connectivity index (χ1) is 9.29. The zero-order valence-electron chi connectivity index (χ0n) is 12.1. The molecule has 0 spiro atoms. The minimum absolute atomic E-state index is 0.122. The number of amides is 1. The zero-order chi connectivity index (χ0) is 14.9. The van der Waals surface area contributed by atoms with E-state index in [1.165, 1.54) is 0 Å². The molecule has 1 heterocycles. The second-order valence-corrected chi connectivity index (χ2v) is 8.39. The summed E-state index contributed by atoms with van der Waals surface area (Å²) in [7, 11) is -0.801. The van der Waals surface area contributed by atoms with E-state index in [1.807, 2.05) is 43.9 Å². The molecule has 0 aliphatic carbocycles. The van der Waals surface area contributed by atoms with Gasteiger partial charge in [-0.3, -0.25) is 9.00 Å². The third-order valence-electron chi connectivity index (χ3n) is 3.73. The van der Waals surface area contributed by atoms with Crippen LogP contribution in [0.3, 0.4) is 0 Å². The van der Waals surface area contributed by atoms with Crippen molar-refractivity contribution >= 4 is 32.6 Å². The maximum atomic E-state index is 12.5. The molecule has 5 heteroatoms.